The Hall–Kier alpha value is -3.65. The molecule has 0 aliphatic carbocycles. The van der Waals surface area contributed by atoms with Gasteiger partial charge in [0.1, 0.15) is 5.52 Å². The number of hydrogen-bond acceptors (Lipinski definition) is 5. The molecule has 0 saturated heterocycles. The van der Waals surface area contributed by atoms with E-state index in [9.17, 15) is 4.79 Å². The Kier molecular flexibility index (Phi) is 5.13. The van der Waals surface area contributed by atoms with E-state index in [1.165, 1.54) is 17.3 Å². The molecule has 0 atom stereocenters. The zero-order valence-corrected chi connectivity index (χ0v) is 17.7. The van der Waals surface area contributed by atoms with Crippen LogP contribution in [-0.4, -0.2) is 35.9 Å². The van der Waals surface area contributed by atoms with Gasteiger partial charge in [0.25, 0.3) is 0 Å². The molecule has 2 aromatic carbocycles. The Bertz CT molecular complexity index is 1380. The molecule has 0 bridgehead atoms. The van der Waals surface area contributed by atoms with Crippen LogP contribution < -0.4 is 5.32 Å². The van der Waals surface area contributed by atoms with Crippen LogP contribution in [0.1, 0.15) is 12.5 Å². The highest BCUT2D eigenvalue weighted by atomic mass is 32.2. The number of nitrogens with one attached hydrogen (secondary N) is 1. The van der Waals surface area contributed by atoms with Crippen LogP contribution in [0.2, 0.25) is 0 Å². The zero-order valence-electron chi connectivity index (χ0n) is 16.9. The van der Waals surface area contributed by atoms with Gasteiger partial charge in [0.05, 0.1) is 11.4 Å². The van der Waals surface area contributed by atoms with Gasteiger partial charge in [0.15, 0.2) is 10.8 Å². The van der Waals surface area contributed by atoms with E-state index in [0.29, 0.717) is 10.8 Å². The normalized spacial score (nSPS) is 11.3. The lowest BCUT2D eigenvalue weighted by Crippen LogP contribution is -2.14. The Morgan fingerprint density at radius 2 is 1.90 bits per heavy atom. The van der Waals surface area contributed by atoms with Gasteiger partial charge in [-0.3, -0.25) is 9.20 Å². The van der Waals surface area contributed by atoms with Crippen molar-refractivity contribution in [3.63, 3.8) is 0 Å². The lowest BCUT2D eigenvalue weighted by atomic mass is 10.1. The standard InChI is InChI=1S/C23H20N6OS/c1-2-16-7-6-10-18(13-16)24-21(30)15-31-23-26-25-22-20-14-19(17-8-4-3-5-9-17)27-29(20)12-11-28(22)23/h3-14H,2,15H2,1H3,(H,24,30). The summed E-state index contributed by atoms with van der Waals surface area (Å²) in [6.07, 6.45) is 4.67. The van der Waals surface area contributed by atoms with Gasteiger partial charge in [-0.15, -0.1) is 10.2 Å². The Labute approximate surface area is 183 Å². The van der Waals surface area contributed by atoms with E-state index >= 15 is 0 Å². The number of amides is 1. The third-order valence-corrected chi connectivity index (χ3v) is 5.95. The maximum atomic E-state index is 12.4. The lowest BCUT2D eigenvalue weighted by Gasteiger charge is -2.06. The number of carbonyl (C=O) groups is 1. The van der Waals surface area contributed by atoms with Crippen LogP contribution in [0.5, 0.6) is 0 Å². The fourth-order valence-corrected chi connectivity index (χ4v) is 4.15. The molecular formula is C23H20N6OS. The van der Waals surface area contributed by atoms with Crippen molar-refractivity contribution in [2.45, 2.75) is 18.5 Å². The highest BCUT2D eigenvalue weighted by Gasteiger charge is 2.14. The molecule has 1 N–H and O–H groups in total. The number of aromatic nitrogens is 5. The molecule has 0 aliphatic rings. The summed E-state index contributed by atoms with van der Waals surface area (Å²) in [5.74, 6) is 0.170. The van der Waals surface area contributed by atoms with E-state index < -0.39 is 0 Å². The molecule has 5 rings (SSSR count). The SMILES string of the molecule is CCc1cccc(NC(=O)CSc2nnc3c4cc(-c5ccccc5)nn4ccn23)c1. The first-order valence-corrected chi connectivity index (χ1v) is 11.0. The molecule has 5 aromatic rings. The van der Waals surface area contributed by atoms with Crippen LogP contribution in [0.15, 0.2) is 78.2 Å². The summed E-state index contributed by atoms with van der Waals surface area (Å²) in [5.41, 5.74) is 5.48. The van der Waals surface area contributed by atoms with E-state index in [4.69, 9.17) is 0 Å². The zero-order chi connectivity index (χ0) is 21.2. The molecular weight excluding hydrogens is 408 g/mol. The number of aryl methyl sites for hydroxylation is 1. The Morgan fingerprint density at radius 1 is 1.03 bits per heavy atom. The van der Waals surface area contributed by atoms with Crippen molar-refractivity contribution in [2.75, 3.05) is 11.1 Å². The molecule has 31 heavy (non-hydrogen) atoms. The van der Waals surface area contributed by atoms with E-state index in [2.05, 4.69) is 27.5 Å². The monoisotopic (exact) mass is 428 g/mol. The molecule has 0 spiro atoms. The molecule has 1 amide bonds. The largest absolute Gasteiger partial charge is 0.325 e. The summed E-state index contributed by atoms with van der Waals surface area (Å²) in [6, 6.07) is 19.9. The second-order valence-electron chi connectivity index (χ2n) is 7.09. The highest BCUT2D eigenvalue weighted by Crippen LogP contribution is 2.24. The lowest BCUT2D eigenvalue weighted by molar-refractivity contribution is -0.113. The van der Waals surface area contributed by atoms with Gasteiger partial charge in [-0.2, -0.15) is 5.10 Å². The van der Waals surface area contributed by atoms with E-state index in [-0.39, 0.29) is 11.7 Å². The van der Waals surface area contributed by atoms with Crippen LogP contribution in [0, 0.1) is 0 Å². The van der Waals surface area contributed by atoms with Gasteiger partial charge in [-0.1, -0.05) is 61.2 Å². The number of thioether (sulfide) groups is 1. The van der Waals surface area contributed by atoms with Gasteiger partial charge in [-0.25, -0.2) is 4.52 Å². The average molecular weight is 429 g/mol. The maximum Gasteiger partial charge on any atom is 0.234 e. The molecule has 8 heteroatoms. The minimum absolute atomic E-state index is 0.0770. The van der Waals surface area contributed by atoms with Crippen molar-refractivity contribution in [3.8, 4) is 11.3 Å². The third-order valence-electron chi connectivity index (χ3n) is 5.01. The van der Waals surface area contributed by atoms with Crippen LogP contribution in [-0.2, 0) is 11.2 Å². The van der Waals surface area contributed by atoms with Crippen LogP contribution >= 0.6 is 11.8 Å². The average Bonchev–Trinajstić information content (AvgIpc) is 3.42. The summed E-state index contributed by atoms with van der Waals surface area (Å²) in [7, 11) is 0. The van der Waals surface area contributed by atoms with Gasteiger partial charge in [0.2, 0.25) is 5.91 Å². The predicted molar refractivity (Wildman–Crippen MR) is 122 cm³/mol. The number of carbonyl (C=O) groups excluding carboxylic acids is 1. The van der Waals surface area contributed by atoms with Crippen molar-refractivity contribution in [1.29, 1.82) is 0 Å². The molecule has 0 radical (unpaired) electrons. The molecule has 0 saturated carbocycles. The minimum Gasteiger partial charge on any atom is -0.325 e. The summed E-state index contributed by atoms with van der Waals surface area (Å²) in [5, 5.41) is 16.9. The second-order valence-corrected chi connectivity index (χ2v) is 8.03. The van der Waals surface area contributed by atoms with E-state index in [1.807, 2.05) is 77.5 Å². The molecule has 7 nitrogen and oxygen atoms in total. The molecule has 3 aromatic heterocycles. The first-order valence-electron chi connectivity index (χ1n) is 10.0. The Morgan fingerprint density at radius 3 is 2.74 bits per heavy atom. The van der Waals surface area contributed by atoms with Crippen LogP contribution in [0.4, 0.5) is 5.69 Å². The summed E-state index contributed by atoms with van der Waals surface area (Å²) in [4.78, 5) is 12.4. The number of anilines is 1. The van der Waals surface area contributed by atoms with Crippen molar-refractivity contribution >= 4 is 34.5 Å². The fourth-order valence-electron chi connectivity index (χ4n) is 3.44. The van der Waals surface area contributed by atoms with Gasteiger partial charge >= 0.3 is 0 Å². The van der Waals surface area contributed by atoms with Crippen molar-refractivity contribution in [2.24, 2.45) is 0 Å². The quantitative estimate of drug-likeness (QED) is 0.407. The summed E-state index contributed by atoms with van der Waals surface area (Å²) >= 11 is 1.35. The highest BCUT2D eigenvalue weighted by molar-refractivity contribution is 7.99. The number of benzene rings is 2. The minimum atomic E-state index is -0.0770. The van der Waals surface area contributed by atoms with Crippen molar-refractivity contribution in [3.05, 3.63) is 78.6 Å². The van der Waals surface area contributed by atoms with Gasteiger partial charge in [0, 0.05) is 23.6 Å². The first-order chi connectivity index (χ1) is 15.2. The fraction of sp³-hybridized carbons (Fsp3) is 0.130. The third kappa shape index (κ3) is 3.89. The molecule has 0 fully saturated rings. The molecule has 0 unspecified atom stereocenters. The van der Waals surface area contributed by atoms with Gasteiger partial charge in [-0.05, 0) is 30.2 Å². The Balaban J connectivity index is 1.35. The molecule has 154 valence electrons. The van der Waals surface area contributed by atoms with Crippen molar-refractivity contribution < 1.29 is 4.79 Å². The number of fused-ring (bicyclic) bond motifs is 3. The number of nitrogens with zero attached hydrogens (tertiary/aromatic N) is 5. The number of hydrogen-bond donors (Lipinski definition) is 1. The second kappa shape index (κ2) is 8.23. The van der Waals surface area contributed by atoms with E-state index in [0.717, 1.165) is 28.9 Å². The van der Waals surface area contributed by atoms with Gasteiger partial charge < -0.3 is 5.32 Å². The predicted octanol–water partition coefficient (Wildman–Crippen LogP) is 4.34. The topological polar surface area (TPSA) is 76.6 Å². The molecule has 3 heterocycles. The van der Waals surface area contributed by atoms with E-state index in [1.54, 1.807) is 4.52 Å². The molecule has 0 aliphatic heterocycles. The smallest absolute Gasteiger partial charge is 0.234 e. The summed E-state index contributed by atoms with van der Waals surface area (Å²) < 4.78 is 3.69. The van der Waals surface area contributed by atoms with Crippen molar-refractivity contribution in [1.82, 2.24) is 24.2 Å². The number of rotatable bonds is 6. The maximum absolute atomic E-state index is 12.4. The first kappa shape index (κ1) is 19.3. The van der Waals surface area contributed by atoms with Crippen LogP contribution in [0.25, 0.3) is 22.4 Å². The summed E-state index contributed by atoms with van der Waals surface area (Å²) in [6.45, 7) is 2.09. The van der Waals surface area contributed by atoms with Crippen LogP contribution in [0.3, 0.4) is 0 Å².